The number of ether oxygens (including phenoxy) is 1. The Labute approximate surface area is 126 Å². The van der Waals surface area contributed by atoms with E-state index in [0.717, 1.165) is 18.4 Å². The van der Waals surface area contributed by atoms with Gasteiger partial charge in [0.15, 0.2) is 0 Å². The molecule has 0 aliphatic carbocycles. The molecule has 2 aromatic rings. The van der Waals surface area contributed by atoms with Crippen molar-refractivity contribution in [3.05, 3.63) is 71.3 Å². The van der Waals surface area contributed by atoms with Gasteiger partial charge in [0.2, 0.25) is 0 Å². The second kappa shape index (κ2) is 7.63. The van der Waals surface area contributed by atoms with Crippen molar-refractivity contribution >= 4 is 5.97 Å². The van der Waals surface area contributed by atoms with Crippen molar-refractivity contribution < 1.29 is 9.53 Å². The van der Waals surface area contributed by atoms with Gasteiger partial charge in [0.1, 0.15) is 0 Å². The monoisotopic (exact) mass is 282 g/mol. The summed E-state index contributed by atoms with van der Waals surface area (Å²) in [6.07, 6.45) is 1.64. The second-order valence-corrected chi connectivity index (χ2v) is 5.63. The van der Waals surface area contributed by atoms with Crippen LogP contribution < -0.4 is 0 Å². The topological polar surface area (TPSA) is 26.3 Å². The quantitative estimate of drug-likeness (QED) is 0.739. The van der Waals surface area contributed by atoms with Crippen LogP contribution in [-0.2, 0) is 17.6 Å². The number of hydrogen-bond donors (Lipinski definition) is 0. The summed E-state index contributed by atoms with van der Waals surface area (Å²) >= 11 is 0. The van der Waals surface area contributed by atoms with Crippen molar-refractivity contribution in [3.8, 4) is 0 Å². The fourth-order valence-electron chi connectivity index (χ4n) is 2.32. The molecule has 0 saturated carbocycles. The van der Waals surface area contributed by atoms with E-state index >= 15 is 0 Å². The van der Waals surface area contributed by atoms with Gasteiger partial charge < -0.3 is 4.74 Å². The van der Waals surface area contributed by atoms with Crippen LogP contribution in [0.1, 0.15) is 35.3 Å². The number of hydrogen-bond acceptors (Lipinski definition) is 2. The van der Waals surface area contributed by atoms with Crippen LogP contribution in [0, 0.1) is 5.92 Å². The first-order chi connectivity index (χ1) is 10.2. The lowest BCUT2D eigenvalue weighted by Gasteiger charge is -2.11. The minimum Gasteiger partial charge on any atom is -0.462 e. The van der Waals surface area contributed by atoms with Crippen LogP contribution in [0.5, 0.6) is 0 Å². The first-order valence-electron chi connectivity index (χ1n) is 7.46. The molecule has 0 heterocycles. The highest BCUT2D eigenvalue weighted by Gasteiger charge is 2.13. The maximum absolute atomic E-state index is 12.2. The lowest BCUT2D eigenvalue weighted by atomic mass is 9.98. The molecule has 0 unspecified atom stereocenters. The molecule has 0 atom stereocenters. The summed E-state index contributed by atoms with van der Waals surface area (Å²) in [5, 5.41) is 0. The summed E-state index contributed by atoms with van der Waals surface area (Å²) in [6.45, 7) is 4.72. The van der Waals surface area contributed by atoms with E-state index < -0.39 is 0 Å². The first kappa shape index (κ1) is 15.3. The largest absolute Gasteiger partial charge is 0.462 e. The molecule has 110 valence electrons. The summed E-state index contributed by atoms with van der Waals surface area (Å²) in [7, 11) is 0. The highest BCUT2D eigenvalue weighted by atomic mass is 16.5. The van der Waals surface area contributed by atoms with E-state index in [1.807, 2.05) is 54.6 Å². The van der Waals surface area contributed by atoms with Crippen molar-refractivity contribution in [1.82, 2.24) is 0 Å². The van der Waals surface area contributed by atoms with E-state index in [-0.39, 0.29) is 5.97 Å². The molecule has 2 aromatic carbocycles. The Morgan fingerprint density at radius 2 is 1.67 bits per heavy atom. The van der Waals surface area contributed by atoms with Crippen LogP contribution in [0.15, 0.2) is 54.6 Å². The number of esters is 1. The molecule has 0 aromatic heterocycles. The van der Waals surface area contributed by atoms with Crippen molar-refractivity contribution in [2.24, 2.45) is 5.92 Å². The zero-order chi connectivity index (χ0) is 15.1. The molecule has 0 saturated heterocycles. The van der Waals surface area contributed by atoms with Crippen LogP contribution >= 0.6 is 0 Å². The van der Waals surface area contributed by atoms with Crippen LogP contribution in [0.25, 0.3) is 0 Å². The molecule has 2 nitrogen and oxygen atoms in total. The van der Waals surface area contributed by atoms with Crippen molar-refractivity contribution in [3.63, 3.8) is 0 Å². The summed E-state index contributed by atoms with van der Waals surface area (Å²) in [5.74, 6) is 0.297. The van der Waals surface area contributed by atoms with Gasteiger partial charge in [-0.2, -0.15) is 0 Å². The Bertz CT molecular complexity index is 573. The Morgan fingerprint density at radius 3 is 2.38 bits per heavy atom. The Hall–Kier alpha value is -2.09. The maximum Gasteiger partial charge on any atom is 0.338 e. The summed E-state index contributed by atoms with van der Waals surface area (Å²) in [6, 6.07) is 17.8. The zero-order valence-corrected chi connectivity index (χ0v) is 12.7. The minimum absolute atomic E-state index is 0.220. The molecule has 2 heteroatoms. The molecule has 0 bridgehead atoms. The molecule has 0 fully saturated rings. The number of benzene rings is 2. The number of carbonyl (C=O) groups is 1. The van der Waals surface area contributed by atoms with Gasteiger partial charge in [-0.3, -0.25) is 0 Å². The normalized spacial score (nSPS) is 10.6. The molecule has 0 N–H and O–H groups in total. The fourth-order valence-corrected chi connectivity index (χ4v) is 2.32. The Morgan fingerprint density at radius 1 is 1.00 bits per heavy atom. The predicted molar refractivity (Wildman–Crippen MR) is 85.4 cm³/mol. The summed E-state index contributed by atoms with van der Waals surface area (Å²) in [5.41, 5.74) is 2.94. The zero-order valence-electron chi connectivity index (χ0n) is 12.7. The SMILES string of the molecule is CC(C)Cc1ccccc1C(=O)OCCc1ccccc1. The fraction of sp³-hybridized carbons (Fsp3) is 0.316. The number of carbonyl (C=O) groups excluding carboxylic acids is 1. The lowest BCUT2D eigenvalue weighted by Crippen LogP contribution is -2.11. The molecule has 0 spiro atoms. The maximum atomic E-state index is 12.2. The summed E-state index contributed by atoms with van der Waals surface area (Å²) < 4.78 is 5.42. The van der Waals surface area contributed by atoms with E-state index in [1.165, 1.54) is 5.56 Å². The van der Waals surface area contributed by atoms with Crippen LogP contribution in [0.3, 0.4) is 0 Å². The van der Waals surface area contributed by atoms with Gasteiger partial charge in [-0.15, -0.1) is 0 Å². The van der Waals surface area contributed by atoms with Gasteiger partial charge in [-0.1, -0.05) is 62.4 Å². The van der Waals surface area contributed by atoms with Gasteiger partial charge in [-0.25, -0.2) is 4.79 Å². The minimum atomic E-state index is -0.220. The third-order valence-corrected chi connectivity index (χ3v) is 3.33. The Balaban J connectivity index is 1.94. The standard InChI is InChI=1S/C19H22O2/c1-15(2)14-17-10-6-7-11-18(17)19(20)21-13-12-16-8-4-3-5-9-16/h3-11,15H,12-14H2,1-2H3. The average molecular weight is 282 g/mol. The van der Waals surface area contributed by atoms with Crippen molar-refractivity contribution in [2.75, 3.05) is 6.61 Å². The average Bonchev–Trinajstić information content (AvgIpc) is 2.48. The summed E-state index contributed by atoms with van der Waals surface area (Å²) in [4.78, 5) is 12.2. The molecular weight excluding hydrogens is 260 g/mol. The first-order valence-corrected chi connectivity index (χ1v) is 7.46. The van der Waals surface area contributed by atoms with E-state index in [0.29, 0.717) is 18.1 Å². The third kappa shape index (κ3) is 4.75. The molecule has 2 rings (SSSR count). The molecule has 0 aliphatic heterocycles. The second-order valence-electron chi connectivity index (χ2n) is 5.63. The van der Waals surface area contributed by atoms with E-state index in [4.69, 9.17) is 4.74 Å². The molecule has 0 radical (unpaired) electrons. The highest BCUT2D eigenvalue weighted by Crippen LogP contribution is 2.15. The molecule has 0 amide bonds. The predicted octanol–water partition coefficient (Wildman–Crippen LogP) is 4.28. The van der Waals surface area contributed by atoms with Crippen LogP contribution in [0.2, 0.25) is 0 Å². The highest BCUT2D eigenvalue weighted by molar-refractivity contribution is 5.91. The van der Waals surface area contributed by atoms with Crippen molar-refractivity contribution in [1.29, 1.82) is 0 Å². The van der Waals surface area contributed by atoms with Crippen LogP contribution in [-0.4, -0.2) is 12.6 Å². The van der Waals surface area contributed by atoms with Gasteiger partial charge in [0, 0.05) is 6.42 Å². The Kier molecular flexibility index (Phi) is 5.56. The number of rotatable bonds is 6. The van der Waals surface area contributed by atoms with E-state index in [2.05, 4.69) is 13.8 Å². The van der Waals surface area contributed by atoms with Crippen molar-refractivity contribution in [2.45, 2.75) is 26.7 Å². The van der Waals surface area contributed by atoms with Crippen LogP contribution in [0.4, 0.5) is 0 Å². The van der Waals surface area contributed by atoms with Gasteiger partial charge in [-0.05, 0) is 29.5 Å². The van der Waals surface area contributed by atoms with Gasteiger partial charge >= 0.3 is 5.97 Å². The third-order valence-electron chi connectivity index (χ3n) is 3.33. The lowest BCUT2D eigenvalue weighted by molar-refractivity contribution is 0.0508. The van der Waals surface area contributed by atoms with E-state index in [1.54, 1.807) is 0 Å². The van der Waals surface area contributed by atoms with Gasteiger partial charge in [0.05, 0.1) is 12.2 Å². The van der Waals surface area contributed by atoms with Gasteiger partial charge in [0.25, 0.3) is 0 Å². The molecule has 0 aliphatic rings. The molecule has 21 heavy (non-hydrogen) atoms. The molecular formula is C19H22O2. The van der Waals surface area contributed by atoms with E-state index in [9.17, 15) is 4.79 Å². The smallest absolute Gasteiger partial charge is 0.338 e.